The third-order valence-electron chi connectivity index (χ3n) is 2.89. The highest BCUT2D eigenvalue weighted by Gasteiger charge is 2.11. The fourth-order valence-corrected chi connectivity index (χ4v) is 2.38. The molecular formula is C13H21N7S. The Labute approximate surface area is 128 Å². The third-order valence-corrected chi connectivity index (χ3v) is 3.67. The SMILES string of the molecule is CCNc1nc(NCc2nccs2)nc(N(CC)CC)n1. The molecule has 2 N–H and O–H groups in total. The van der Waals surface area contributed by atoms with E-state index in [4.69, 9.17) is 0 Å². The summed E-state index contributed by atoms with van der Waals surface area (Å²) in [5, 5.41) is 9.31. The van der Waals surface area contributed by atoms with Gasteiger partial charge in [0, 0.05) is 31.2 Å². The monoisotopic (exact) mass is 307 g/mol. The van der Waals surface area contributed by atoms with Gasteiger partial charge in [-0.25, -0.2) is 4.98 Å². The summed E-state index contributed by atoms with van der Waals surface area (Å²) >= 11 is 1.61. The zero-order valence-corrected chi connectivity index (χ0v) is 13.4. The second-order valence-electron chi connectivity index (χ2n) is 4.26. The van der Waals surface area contributed by atoms with Crippen molar-refractivity contribution in [2.24, 2.45) is 0 Å². The number of aromatic nitrogens is 4. The maximum Gasteiger partial charge on any atom is 0.231 e. The van der Waals surface area contributed by atoms with E-state index < -0.39 is 0 Å². The molecule has 0 spiro atoms. The molecule has 7 nitrogen and oxygen atoms in total. The molecule has 0 saturated carbocycles. The zero-order chi connectivity index (χ0) is 15.1. The Bertz CT molecular complexity index is 539. The van der Waals surface area contributed by atoms with Crippen LogP contribution in [0, 0.1) is 0 Å². The molecule has 0 aliphatic heterocycles. The van der Waals surface area contributed by atoms with Crippen molar-refractivity contribution in [1.82, 2.24) is 19.9 Å². The van der Waals surface area contributed by atoms with Crippen LogP contribution < -0.4 is 15.5 Å². The number of thiazole rings is 1. The second kappa shape index (κ2) is 7.72. The molecule has 114 valence electrons. The Balaban J connectivity index is 2.18. The molecule has 0 fully saturated rings. The van der Waals surface area contributed by atoms with Gasteiger partial charge in [0.2, 0.25) is 17.8 Å². The van der Waals surface area contributed by atoms with Crippen molar-refractivity contribution in [2.75, 3.05) is 35.2 Å². The van der Waals surface area contributed by atoms with Crippen LogP contribution in [0.1, 0.15) is 25.8 Å². The van der Waals surface area contributed by atoms with E-state index in [1.54, 1.807) is 17.5 Å². The lowest BCUT2D eigenvalue weighted by atomic mass is 10.5. The highest BCUT2D eigenvalue weighted by atomic mass is 32.1. The van der Waals surface area contributed by atoms with Gasteiger partial charge in [-0.05, 0) is 20.8 Å². The van der Waals surface area contributed by atoms with E-state index in [9.17, 15) is 0 Å². The lowest BCUT2D eigenvalue weighted by molar-refractivity contribution is 0.811. The molecule has 0 saturated heterocycles. The molecule has 0 aromatic carbocycles. The minimum absolute atomic E-state index is 0.568. The second-order valence-corrected chi connectivity index (χ2v) is 5.24. The number of nitrogens with one attached hydrogen (secondary N) is 2. The van der Waals surface area contributed by atoms with Gasteiger partial charge >= 0.3 is 0 Å². The number of hydrogen-bond donors (Lipinski definition) is 2. The standard InChI is InChI=1S/C13H21N7S/c1-4-14-11-17-12(16-9-10-15-7-8-21-10)19-13(18-11)20(5-2)6-3/h7-8H,4-6,9H2,1-3H3,(H2,14,16,17,18,19). The first-order valence-electron chi connectivity index (χ1n) is 7.13. The normalized spacial score (nSPS) is 10.4. The molecule has 0 aliphatic rings. The maximum atomic E-state index is 4.49. The van der Waals surface area contributed by atoms with Gasteiger partial charge in [0.25, 0.3) is 0 Å². The molecule has 2 rings (SSSR count). The van der Waals surface area contributed by atoms with Crippen molar-refractivity contribution in [3.63, 3.8) is 0 Å². The van der Waals surface area contributed by atoms with Crippen LogP contribution in [0.5, 0.6) is 0 Å². The van der Waals surface area contributed by atoms with E-state index in [1.807, 2.05) is 12.3 Å². The Hall–Kier alpha value is -1.96. The highest BCUT2D eigenvalue weighted by molar-refractivity contribution is 7.09. The Morgan fingerprint density at radius 1 is 1.05 bits per heavy atom. The van der Waals surface area contributed by atoms with Crippen LogP contribution in [0.15, 0.2) is 11.6 Å². The first kappa shape index (κ1) is 15.4. The molecule has 8 heteroatoms. The van der Waals surface area contributed by atoms with Crippen molar-refractivity contribution in [1.29, 1.82) is 0 Å². The number of hydrogen-bond acceptors (Lipinski definition) is 8. The molecule has 21 heavy (non-hydrogen) atoms. The number of anilines is 3. The molecule has 2 aromatic rings. The minimum atomic E-state index is 0.568. The van der Waals surface area contributed by atoms with Gasteiger partial charge in [0.05, 0.1) is 6.54 Å². The maximum absolute atomic E-state index is 4.49. The van der Waals surface area contributed by atoms with Crippen LogP contribution in [-0.2, 0) is 6.54 Å². The molecule has 0 bridgehead atoms. The van der Waals surface area contributed by atoms with Crippen molar-refractivity contribution >= 4 is 29.2 Å². The van der Waals surface area contributed by atoms with Crippen molar-refractivity contribution in [2.45, 2.75) is 27.3 Å². The third kappa shape index (κ3) is 4.25. The van der Waals surface area contributed by atoms with Gasteiger partial charge in [-0.15, -0.1) is 11.3 Å². The molecule has 0 aliphatic carbocycles. The quantitative estimate of drug-likeness (QED) is 0.774. The van der Waals surface area contributed by atoms with Gasteiger partial charge in [-0.2, -0.15) is 15.0 Å². The van der Waals surface area contributed by atoms with E-state index in [1.165, 1.54) is 0 Å². The Kier molecular flexibility index (Phi) is 5.68. The first-order chi connectivity index (χ1) is 10.3. The van der Waals surface area contributed by atoms with Gasteiger partial charge in [-0.3, -0.25) is 0 Å². The van der Waals surface area contributed by atoms with E-state index in [2.05, 4.69) is 49.3 Å². The summed E-state index contributed by atoms with van der Waals surface area (Å²) in [6.45, 7) is 9.30. The van der Waals surface area contributed by atoms with E-state index in [-0.39, 0.29) is 0 Å². The first-order valence-corrected chi connectivity index (χ1v) is 8.01. The van der Waals surface area contributed by atoms with Crippen molar-refractivity contribution < 1.29 is 0 Å². The van der Waals surface area contributed by atoms with Crippen LogP contribution in [0.4, 0.5) is 17.8 Å². The topological polar surface area (TPSA) is 78.9 Å². The van der Waals surface area contributed by atoms with E-state index in [0.717, 1.165) is 24.6 Å². The van der Waals surface area contributed by atoms with Crippen molar-refractivity contribution in [3.8, 4) is 0 Å². The summed E-state index contributed by atoms with van der Waals surface area (Å²) < 4.78 is 0. The molecule has 0 amide bonds. The van der Waals surface area contributed by atoms with Crippen LogP contribution in [-0.4, -0.2) is 39.6 Å². The smallest absolute Gasteiger partial charge is 0.231 e. The summed E-state index contributed by atoms with van der Waals surface area (Å²) in [6.07, 6.45) is 1.79. The fraction of sp³-hybridized carbons (Fsp3) is 0.538. The average Bonchev–Trinajstić information content (AvgIpc) is 3.00. The minimum Gasteiger partial charge on any atom is -0.354 e. The van der Waals surface area contributed by atoms with Gasteiger partial charge in [0.15, 0.2) is 0 Å². The lowest BCUT2D eigenvalue weighted by Gasteiger charge is -2.19. The van der Waals surface area contributed by atoms with Crippen molar-refractivity contribution in [3.05, 3.63) is 16.6 Å². The Morgan fingerprint density at radius 2 is 1.76 bits per heavy atom. The molecule has 2 aromatic heterocycles. The molecule has 0 radical (unpaired) electrons. The lowest BCUT2D eigenvalue weighted by Crippen LogP contribution is -2.25. The summed E-state index contributed by atoms with van der Waals surface area (Å²) in [6, 6.07) is 0. The predicted octanol–water partition coefficient (Wildman–Crippen LogP) is 2.22. The summed E-state index contributed by atoms with van der Waals surface area (Å²) in [5.41, 5.74) is 0. The zero-order valence-electron chi connectivity index (χ0n) is 12.6. The van der Waals surface area contributed by atoms with Crippen LogP contribution in [0.25, 0.3) is 0 Å². The van der Waals surface area contributed by atoms with Gasteiger partial charge in [0.1, 0.15) is 5.01 Å². The van der Waals surface area contributed by atoms with Crippen LogP contribution >= 0.6 is 11.3 Å². The molecular weight excluding hydrogens is 286 g/mol. The van der Waals surface area contributed by atoms with E-state index >= 15 is 0 Å². The summed E-state index contributed by atoms with van der Waals surface area (Å²) in [5.74, 6) is 1.85. The molecule has 0 unspecified atom stereocenters. The molecule has 2 heterocycles. The van der Waals surface area contributed by atoms with E-state index in [0.29, 0.717) is 24.4 Å². The fourth-order valence-electron chi connectivity index (χ4n) is 1.82. The predicted molar refractivity (Wildman–Crippen MR) is 87.0 cm³/mol. The summed E-state index contributed by atoms with van der Waals surface area (Å²) in [7, 11) is 0. The summed E-state index contributed by atoms with van der Waals surface area (Å²) in [4.78, 5) is 19.6. The average molecular weight is 307 g/mol. The largest absolute Gasteiger partial charge is 0.354 e. The number of rotatable bonds is 8. The van der Waals surface area contributed by atoms with Gasteiger partial charge in [-0.1, -0.05) is 0 Å². The van der Waals surface area contributed by atoms with Gasteiger partial charge < -0.3 is 15.5 Å². The Morgan fingerprint density at radius 3 is 2.33 bits per heavy atom. The highest BCUT2D eigenvalue weighted by Crippen LogP contribution is 2.14. The van der Waals surface area contributed by atoms with Crippen LogP contribution in [0.2, 0.25) is 0 Å². The molecule has 0 atom stereocenters. The number of nitrogens with zero attached hydrogens (tertiary/aromatic N) is 5. The van der Waals surface area contributed by atoms with Crippen LogP contribution in [0.3, 0.4) is 0 Å².